The molecule has 1 saturated heterocycles. The van der Waals surface area contributed by atoms with Crippen LogP contribution < -0.4 is 5.32 Å². The first-order valence-electron chi connectivity index (χ1n) is 8.17. The minimum atomic E-state index is -0.751. The van der Waals surface area contributed by atoms with Gasteiger partial charge in [-0.25, -0.2) is 4.79 Å². The largest absolute Gasteiger partial charge is 0.481 e. The molecule has 0 spiro atoms. The fraction of sp³-hybridized carbons (Fsp3) is 0.875. The predicted molar refractivity (Wildman–Crippen MR) is 83.3 cm³/mol. The molecule has 2 N–H and O–H groups in total. The van der Waals surface area contributed by atoms with Crippen LogP contribution in [0, 0.1) is 11.3 Å². The van der Waals surface area contributed by atoms with E-state index in [1.165, 1.54) is 0 Å². The van der Waals surface area contributed by atoms with Gasteiger partial charge in [0.1, 0.15) is 0 Å². The minimum absolute atomic E-state index is 0.0317. The molecule has 1 aliphatic rings. The quantitative estimate of drug-likeness (QED) is 0.723. The highest BCUT2D eigenvalue weighted by molar-refractivity contribution is 5.74. The summed E-state index contributed by atoms with van der Waals surface area (Å²) in [5.41, 5.74) is 0.312. The number of carbonyl (C=O) groups excluding carboxylic acids is 1. The van der Waals surface area contributed by atoms with Gasteiger partial charge in [-0.2, -0.15) is 0 Å². The van der Waals surface area contributed by atoms with Crippen LogP contribution in [0.5, 0.6) is 0 Å². The number of rotatable bonds is 8. The zero-order chi connectivity index (χ0) is 15.9. The van der Waals surface area contributed by atoms with Crippen molar-refractivity contribution in [1.29, 1.82) is 0 Å². The van der Waals surface area contributed by atoms with Crippen molar-refractivity contribution in [2.24, 2.45) is 11.3 Å². The Labute approximate surface area is 128 Å². The maximum absolute atomic E-state index is 12.1. The first-order chi connectivity index (χ1) is 9.92. The number of hydrogen-bond donors (Lipinski definition) is 2. The number of likely N-dealkylation sites (tertiary alicyclic amines) is 1. The van der Waals surface area contributed by atoms with Crippen molar-refractivity contribution >= 4 is 12.0 Å². The van der Waals surface area contributed by atoms with E-state index in [4.69, 9.17) is 5.11 Å². The summed E-state index contributed by atoms with van der Waals surface area (Å²) < 4.78 is 0. The second-order valence-electron chi connectivity index (χ2n) is 6.44. The molecule has 0 aromatic rings. The molecular formula is C16H30N2O3. The Kier molecular flexibility index (Phi) is 6.99. The highest BCUT2D eigenvalue weighted by Crippen LogP contribution is 2.36. The maximum Gasteiger partial charge on any atom is 0.317 e. The summed E-state index contributed by atoms with van der Waals surface area (Å²) in [6, 6.07) is 0.0317. The third-order valence-electron chi connectivity index (χ3n) is 4.99. The molecule has 0 bridgehead atoms. The van der Waals surface area contributed by atoms with Gasteiger partial charge in [-0.05, 0) is 43.4 Å². The van der Waals surface area contributed by atoms with Gasteiger partial charge in [-0.15, -0.1) is 0 Å². The summed E-state index contributed by atoms with van der Waals surface area (Å²) in [5, 5.41) is 11.6. The van der Waals surface area contributed by atoms with Gasteiger partial charge in [-0.3, -0.25) is 4.79 Å². The van der Waals surface area contributed by atoms with E-state index in [1.54, 1.807) is 0 Å². The monoisotopic (exact) mass is 298 g/mol. The van der Waals surface area contributed by atoms with E-state index < -0.39 is 5.97 Å². The van der Waals surface area contributed by atoms with Gasteiger partial charge in [-0.1, -0.05) is 20.8 Å². The van der Waals surface area contributed by atoms with Gasteiger partial charge >= 0.3 is 12.0 Å². The Hall–Kier alpha value is -1.26. The molecular weight excluding hydrogens is 268 g/mol. The summed E-state index contributed by atoms with van der Waals surface area (Å²) in [4.78, 5) is 24.6. The van der Waals surface area contributed by atoms with E-state index in [2.05, 4.69) is 19.2 Å². The molecule has 1 unspecified atom stereocenters. The Morgan fingerprint density at radius 3 is 2.48 bits per heavy atom. The highest BCUT2D eigenvalue weighted by Gasteiger charge is 2.36. The van der Waals surface area contributed by atoms with Crippen LogP contribution in [0.2, 0.25) is 0 Å². The standard InChI is InChI=1S/C16H30N2O3/c1-4-16(5-2)9-11-18(12-16)15(21)17-10-8-13(3)6-7-14(19)20/h13H,4-12H2,1-3H3,(H,17,21)(H,19,20). The Morgan fingerprint density at radius 2 is 1.95 bits per heavy atom. The van der Waals surface area contributed by atoms with Crippen molar-refractivity contribution < 1.29 is 14.7 Å². The van der Waals surface area contributed by atoms with Crippen molar-refractivity contribution in [3.8, 4) is 0 Å². The molecule has 0 saturated carbocycles. The Balaban J connectivity index is 2.24. The molecule has 0 aliphatic carbocycles. The van der Waals surface area contributed by atoms with Crippen LogP contribution in [0.4, 0.5) is 4.79 Å². The molecule has 1 rings (SSSR count). The molecule has 1 fully saturated rings. The number of hydrogen-bond acceptors (Lipinski definition) is 2. The maximum atomic E-state index is 12.1. The molecule has 21 heavy (non-hydrogen) atoms. The van der Waals surface area contributed by atoms with Crippen molar-refractivity contribution in [2.45, 2.75) is 59.3 Å². The van der Waals surface area contributed by atoms with Crippen LogP contribution in [-0.2, 0) is 4.79 Å². The van der Waals surface area contributed by atoms with Crippen LogP contribution in [-0.4, -0.2) is 41.6 Å². The minimum Gasteiger partial charge on any atom is -0.481 e. The van der Waals surface area contributed by atoms with Gasteiger partial charge in [0.05, 0.1) is 0 Å². The third-order valence-corrected chi connectivity index (χ3v) is 4.99. The molecule has 122 valence electrons. The number of nitrogens with zero attached hydrogens (tertiary/aromatic N) is 1. The van der Waals surface area contributed by atoms with E-state index in [9.17, 15) is 9.59 Å². The van der Waals surface area contributed by atoms with Crippen LogP contribution in [0.15, 0.2) is 0 Å². The molecule has 2 amide bonds. The topological polar surface area (TPSA) is 69.6 Å². The van der Waals surface area contributed by atoms with E-state index in [0.29, 0.717) is 24.3 Å². The summed E-state index contributed by atoms with van der Waals surface area (Å²) in [6.45, 7) is 8.78. The fourth-order valence-corrected chi connectivity index (χ4v) is 2.99. The summed E-state index contributed by atoms with van der Waals surface area (Å²) >= 11 is 0. The Bertz CT molecular complexity index is 353. The summed E-state index contributed by atoms with van der Waals surface area (Å²) in [6.07, 6.45) is 5.06. The lowest BCUT2D eigenvalue weighted by atomic mass is 9.82. The molecule has 0 aromatic carbocycles. The number of amides is 2. The van der Waals surface area contributed by atoms with Crippen molar-refractivity contribution in [3.05, 3.63) is 0 Å². The lowest BCUT2D eigenvalue weighted by Gasteiger charge is -2.26. The number of nitrogens with one attached hydrogen (secondary N) is 1. The Morgan fingerprint density at radius 1 is 1.29 bits per heavy atom. The first-order valence-corrected chi connectivity index (χ1v) is 8.17. The first kappa shape index (κ1) is 17.8. The van der Waals surface area contributed by atoms with E-state index in [0.717, 1.165) is 38.8 Å². The lowest BCUT2D eigenvalue weighted by Crippen LogP contribution is -2.40. The number of aliphatic carboxylic acids is 1. The number of carbonyl (C=O) groups is 2. The average molecular weight is 298 g/mol. The molecule has 1 heterocycles. The van der Waals surface area contributed by atoms with Crippen molar-refractivity contribution in [1.82, 2.24) is 10.2 Å². The zero-order valence-corrected chi connectivity index (χ0v) is 13.7. The van der Waals surface area contributed by atoms with Gasteiger partial charge in [0.2, 0.25) is 0 Å². The molecule has 5 nitrogen and oxygen atoms in total. The molecule has 5 heteroatoms. The SMILES string of the molecule is CCC1(CC)CCN(C(=O)NCCC(C)CCC(=O)O)C1. The normalized spacial score (nSPS) is 18.5. The van der Waals surface area contributed by atoms with Gasteiger partial charge in [0.25, 0.3) is 0 Å². The van der Waals surface area contributed by atoms with Crippen LogP contribution in [0.3, 0.4) is 0 Å². The van der Waals surface area contributed by atoms with Gasteiger partial charge < -0.3 is 15.3 Å². The molecule has 0 aromatic heterocycles. The lowest BCUT2D eigenvalue weighted by molar-refractivity contribution is -0.137. The summed E-state index contributed by atoms with van der Waals surface area (Å²) in [5.74, 6) is -0.427. The third kappa shape index (κ3) is 5.56. The zero-order valence-electron chi connectivity index (χ0n) is 13.7. The predicted octanol–water partition coefficient (Wildman–Crippen LogP) is 3.10. The summed E-state index contributed by atoms with van der Waals surface area (Å²) in [7, 11) is 0. The van der Waals surface area contributed by atoms with E-state index in [-0.39, 0.29) is 12.5 Å². The molecule has 1 aliphatic heterocycles. The number of carboxylic acid groups (broad SMARTS) is 1. The highest BCUT2D eigenvalue weighted by atomic mass is 16.4. The molecule has 0 radical (unpaired) electrons. The fourth-order valence-electron chi connectivity index (χ4n) is 2.99. The van der Waals surface area contributed by atoms with Crippen LogP contribution >= 0.6 is 0 Å². The molecule has 1 atom stereocenters. The van der Waals surface area contributed by atoms with Gasteiger partial charge in [0, 0.05) is 26.1 Å². The van der Waals surface area contributed by atoms with Crippen molar-refractivity contribution in [2.75, 3.05) is 19.6 Å². The number of urea groups is 1. The van der Waals surface area contributed by atoms with Crippen LogP contribution in [0.25, 0.3) is 0 Å². The van der Waals surface area contributed by atoms with Gasteiger partial charge in [0.15, 0.2) is 0 Å². The smallest absolute Gasteiger partial charge is 0.317 e. The second-order valence-corrected chi connectivity index (χ2v) is 6.44. The van der Waals surface area contributed by atoms with E-state index >= 15 is 0 Å². The van der Waals surface area contributed by atoms with Crippen molar-refractivity contribution in [3.63, 3.8) is 0 Å². The van der Waals surface area contributed by atoms with E-state index in [1.807, 2.05) is 11.8 Å². The average Bonchev–Trinajstić information content (AvgIpc) is 2.90. The van der Waals surface area contributed by atoms with Crippen LogP contribution in [0.1, 0.15) is 59.3 Å². The number of carboxylic acids is 1. The second kappa shape index (κ2) is 8.25.